The van der Waals surface area contributed by atoms with Gasteiger partial charge < -0.3 is 14.5 Å². The predicted molar refractivity (Wildman–Crippen MR) is 116 cm³/mol. The molecule has 152 valence electrons. The number of ether oxygens (including phenoxy) is 1. The molecule has 1 aliphatic heterocycles. The van der Waals surface area contributed by atoms with Crippen LogP contribution in [0.25, 0.3) is 0 Å². The Morgan fingerprint density at radius 3 is 2.79 bits per heavy atom. The Balaban J connectivity index is 1.46. The molecule has 2 heterocycles. The molecule has 1 aromatic carbocycles. The molecule has 0 radical (unpaired) electrons. The lowest BCUT2D eigenvalue weighted by atomic mass is 9.97. The highest BCUT2D eigenvalue weighted by molar-refractivity contribution is 7.98. The summed E-state index contributed by atoms with van der Waals surface area (Å²) in [4.78, 5) is 13.8. The molecule has 28 heavy (non-hydrogen) atoms. The first-order valence-electron chi connectivity index (χ1n) is 10.1. The van der Waals surface area contributed by atoms with E-state index in [4.69, 9.17) is 4.74 Å². The highest BCUT2D eigenvalue weighted by Gasteiger charge is 2.21. The number of hydrogen-bond donors (Lipinski definition) is 0. The Morgan fingerprint density at radius 2 is 2.04 bits per heavy atom. The summed E-state index contributed by atoms with van der Waals surface area (Å²) < 4.78 is 5.49. The molecule has 3 rings (SSSR count). The van der Waals surface area contributed by atoms with Crippen molar-refractivity contribution in [3.05, 3.63) is 47.8 Å². The molecule has 2 aromatic rings. The number of rotatable bonds is 9. The Kier molecular flexibility index (Phi) is 8.13. The van der Waals surface area contributed by atoms with Gasteiger partial charge in [-0.05, 0) is 56.7 Å². The summed E-state index contributed by atoms with van der Waals surface area (Å²) in [5.74, 6) is 1.73. The van der Waals surface area contributed by atoms with Crippen molar-refractivity contribution in [1.29, 1.82) is 0 Å². The number of likely N-dealkylation sites (tertiary alicyclic amines) is 1. The zero-order chi connectivity index (χ0) is 19.8. The van der Waals surface area contributed by atoms with Gasteiger partial charge in [-0.3, -0.25) is 0 Å². The van der Waals surface area contributed by atoms with Crippen LogP contribution in [0.4, 0.5) is 0 Å². The van der Waals surface area contributed by atoms with Crippen LogP contribution >= 0.6 is 11.8 Å². The molecule has 0 amide bonds. The van der Waals surface area contributed by atoms with Gasteiger partial charge >= 0.3 is 0 Å². The van der Waals surface area contributed by atoms with E-state index in [1.54, 1.807) is 18.9 Å². The van der Waals surface area contributed by atoms with Crippen LogP contribution in [0.15, 0.2) is 41.8 Å². The van der Waals surface area contributed by atoms with Crippen LogP contribution in [0.1, 0.15) is 24.0 Å². The molecule has 5 nitrogen and oxygen atoms in total. The molecule has 1 fully saturated rings. The average Bonchev–Trinajstić information content (AvgIpc) is 2.73. The minimum atomic E-state index is 0.725. The zero-order valence-electron chi connectivity index (χ0n) is 17.3. The number of benzene rings is 1. The third-order valence-corrected chi connectivity index (χ3v) is 5.96. The minimum absolute atomic E-state index is 0.725. The molecule has 1 atom stereocenters. The standard InChI is InChI=1S/C22H32N4OS/c1-25(16-19-13-23-22(28-3)24-14-19)15-18-7-6-11-26(17-18)12-10-20-8-4-5-9-21(20)27-2/h4-5,8-9,13-14,18H,6-7,10-12,15-17H2,1-3H3. The second kappa shape index (κ2) is 10.8. The van der Waals surface area contributed by atoms with E-state index in [0.717, 1.165) is 42.9 Å². The Hall–Kier alpha value is -1.63. The molecular weight excluding hydrogens is 368 g/mol. The molecule has 1 saturated heterocycles. The molecule has 0 bridgehead atoms. The molecule has 0 N–H and O–H groups in total. The Labute approximate surface area is 173 Å². The summed E-state index contributed by atoms with van der Waals surface area (Å²) in [6.45, 7) is 5.52. The van der Waals surface area contributed by atoms with E-state index in [1.807, 2.05) is 24.7 Å². The van der Waals surface area contributed by atoms with Crippen molar-refractivity contribution < 1.29 is 4.74 Å². The zero-order valence-corrected chi connectivity index (χ0v) is 18.1. The summed E-state index contributed by atoms with van der Waals surface area (Å²) >= 11 is 1.58. The van der Waals surface area contributed by atoms with Crippen LogP contribution < -0.4 is 4.74 Å². The average molecular weight is 401 g/mol. The van der Waals surface area contributed by atoms with Crippen molar-refractivity contribution >= 4 is 11.8 Å². The van der Waals surface area contributed by atoms with E-state index in [9.17, 15) is 0 Å². The van der Waals surface area contributed by atoms with E-state index in [0.29, 0.717) is 0 Å². The fourth-order valence-corrected chi connectivity index (χ4v) is 4.35. The van der Waals surface area contributed by atoms with Gasteiger partial charge in [-0.1, -0.05) is 30.0 Å². The maximum absolute atomic E-state index is 5.49. The second-order valence-corrected chi connectivity index (χ2v) is 8.42. The minimum Gasteiger partial charge on any atom is -0.496 e. The first kappa shape index (κ1) is 21.1. The Bertz CT molecular complexity index is 725. The number of thioether (sulfide) groups is 1. The van der Waals surface area contributed by atoms with Gasteiger partial charge in [0.1, 0.15) is 5.75 Å². The molecule has 6 heteroatoms. The summed E-state index contributed by atoms with van der Waals surface area (Å²) in [5.41, 5.74) is 2.49. The van der Waals surface area contributed by atoms with Gasteiger partial charge in [0.15, 0.2) is 5.16 Å². The number of piperidine rings is 1. The third kappa shape index (κ3) is 6.19. The maximum Gasteiger partial charge on any atom is 0.187 e. The van der Waals surface area contributed by atoms with Crippen molar-refractivity contribution in [3.8, 4) is 5.75 Å². The van der Waals surface area contributed by atoms with Gasteiger partial charge in [-0.25, -0.2) is 9.97 Å². The summed E-state index contributed by atoms with van der Waals surface area (Å²) in [5, 5.41) is 0.837. The van der Waals surface area contributed by atoms with Crippen molar-refractivity contribution in [3.63, 3.8) is 0 Å². The SMILES string of the molecule is COc1ccccc1CCN1CCCC(CN(C)Cc2cnc(SC)nc2)C1. The summed E-state index contributed by atoms with van der Waals surface area (Å²) in [7, 11) is 3.96. The van der Waals surface area contributed by atoms with Gasteiger partial charge in [0.25, 0.3) is 0 Å². The van der Waals surface area contributed by atoms with Crippen LogP contribution in [0.3, 0.4) is 0 Å². The molecule has 1 aliphatic rings. The number of para-hydroxylation sites is 1. The summed E-state index contributed by atoms with van der Waals surface area (Å²) in [6.07, 6.45) is 9.56. The highest BCUT2D eigenvalue weighted by atomic mass is 32.2. The summed E-state index contributed by atoms with van der Waals surface area (Å²) in [6, 6.07) is 8.37. The van der Waals surface area contributed by atoms with Crippen LogP contribution in [0.2, 0.25) is 0 Å². The third-order valence-electron chi connectivity index (χ3n) is 5.38. The first-order valence-corrected chi connectivity index (χ1v) is 11.3. The normalized spacial score (nSPS) is 17.8. The van der Waals surface area contributed by atoms with Gasteiger partial charge in [0, 0.05) is 44.1 Å². The largest absolute Gasteiger partial charge is 0.496 e. The lowest BCUT2D eigenvalue weighted by Gasteiger charge is -2.34. The topological polar surface area (TPSA) is 41.5 Å². The van der Waals surface area contributed by atoms with Crippen LogP contribution in [0.5, 0.6) is 5.75 Å². The van der Waals surface area contributed by atoms with E-state index in [1.165, 1.54) is 37.1 Å². The molecule has 0 spiro atoms. The van der Waals surface area contributed by atoms with E-state index in [2.05, 4.69) is 45.0 Å². The quantitative estimate of drug-likeness (QED) is 0.473. The van der Waals surface area contributed by atoms with E-state index >= 15 is 0 Å². The van der Waals surface area contributed by atoms with Crippen molar-refractivity contribution in [2.45, 2.75) is 31.0 Å². The fraction of sp³-hybridized carbons (Fsp3) is 0.545. The van der Waals surface area contributed by atoms with Gasteiger partial charge in [-0.2, -0.15) is 0 Å². The molecule has 1 aromatic heterocycles. The molecular formula is C22H32N4OS. The lowest BCUT2D eigenvalue weighted by molar-refractivity contribution is 0.142. The van der Waals surface area contributed by atoms with Crippen LogP contribution in [-0.2, 0) is 13.0 Å². The van der Waals surface area contributed by atoms with E-state index in [-0.39, 0.29) is 0 Å². The number of hydrogen-bond acceptors (Lipinski definition) is 6. The maximum atomic E-state index is 5.49. The number of methoxy groups -OCH3 is 1. The lowest BCUT2D eigenvalue weighted by Crippen LogP contribution is -2.40. The predicted octanol–water partition coefficient (Wildman–Crippen LogP) is 3.59. The highest BCUT2D eigenvalue weighted by Crippen LogP contribution is 2.21. The number of aromatic nitrogens is 2. The van der Waals surface area contributed by atoms with E-state index < -0.39 is 0 Å². The number of nitrogens with zero attached hydrogens (tertiary/aromatic N) is 4. The van der Waals surface area contributed by atoms with Crippen molar-refractivity contribution in [2.24, 2.45) is 5.92 Å². The second-order valence-electron chi connectivity index (χ2n) is 7.65. The monoisotopic (exact) mass is 400 g/mol. The van der Waals surface area contributed by atoms with Crippen molar-refractivity contribution in [1.82, 2.24) is 19.8 Å². The first-order chi connectivity index (χ1) is 13.7. The molecule has 0 aliphatic carbocycles. The fourth-order valence-electron chi connectivity index (χ4n) is 4.04. The van der Waals surface area contributed by atoms with Gasteiger partial charge in [-0.15, -0.1) is 0 Å². The smallest absolute Gasteiger partial charge is 0.187 e. The van der Waals surface area contributed by atoms with Crippen molar-refractivity contribution in [2.75, 3.05) is 46.6 Å². The van der Waals surface area contributed by atoms with Crippen LogP contribution in [0, 0.1) is 5.92 Å². The molecule has 0 saturated carbocycles. The van der Waals surface area contributed by atoms with Gasteiger partial charge in [0.2, 0.25) is 0 Å². The molecule has 1 unspecified atom stereocenters. The van der Waals surface area contributed by atoms with Crippen LogP contribution in [-0.4, -0.2) is 66.4 Å². The van der Waals surface area contributed by atoms with Gasteiger partial charge in [0.05, 0.1) is 7.11 Å². The Morgan fingerprint density at radius 1 is 1.25 bits per heavy atom.